The van der Waals surface area contributed by atoms with Crippen molar-refractivity contribution in [2.75, 3.05) is 27.8 Å². The number of likely N-dealkylation sites (tertiary alicyclic amines) is 1. The van der Waals surface area contributed by atoms with Gasteiger partial charge in [-0.2, -0.15) is 22.7 Å². The number of nitriles is 1. The molecule has 6 unspecified atom stereocenters. The molecule has 1 heterocycles. The highest BCUT2D eigenvalue weighted by molar-refractivity contribution is 7.87. The Labute approximate surface area is 202 Å². The molecule has 0 radical (unpaired) electrons. The van der Waals surface area contributed by atoms with E-state index in [0.717, 1.165) is 30.0 Å². The highest BCUT2D eigenvalue weighted by Gasteiger charge is 2.57. The van der Waals surface area contributed by atoms with Crippen molar-refractivity contribution in [3.05, 3.63) is 35.4 Å². The molecule has 3 fully saturated rings. The van der Waals surface area contributed by atoms with Crippen LogP contribution < -0.4 is 4.72 Å². The first kappa shape index (κ1) is 24.9. The van der Waals surface area contributed by atoms with Gasteiger partial charge in [-0.25, -0.2) is 4.79 Å². The molecule has 1 aliphatic heterocycles. The summed E-state index contributed by atoms with van der Waals surface area (Å²) in [5, 5.41) is 9.05. The lowest BCUT2D eigenvalue weighted by molar-refractivity contribution is -0.00998. The van der Waals surface area contributed by atoms with Gasteiger partial charge in [0.25, 0.3) is 10.2 Å². The fourth-order valence-corrected chi connectivity index (χ4v) is 6.66. The summed E-state index contributed by atoms with van der Waals surface area (Å²) in [4.78, 5) is 14.1. The van der Waals surface area contributed by atoms with Crippen molar-refractivity contribution in [3.8, 4) is 6.07 Å². The Hall–Kier alpha value is -2.19. The van der Waals surface area contributed by atoms with Gasteiger partial charge >= 0.3 is 6.09 Å². The normalized spacial score (nSPS) is 32.8. The summed E-state index contributed by atoms with van der Waals surface area (Å²) in [7, 11) is 0.629. The molecule has 0 bridgehead atoms. The molecule has 0 aromatic heterocycles. The highest BCUT2D eigenvalue weighted by atomic mass is 32.2. The Kier molecular flexibility index (Phi) is 6.93. The SMILES string of the molecule is COC(=O)N1C(C)CC(NS(=O)(=O)N(C)C)C1COC1CCC2(c3ccc(C#N)cc3)CC2C1. The van der Waals surface area contributed by atoms with E-state index >= 15 is 0 Å². The fourth-order valence-electron chi connectivity index (χ4n) is 5.81. The number of hydrogen-bond donors (Lipinski definition) is 1. The summed E-state index contributed by atoms with van der Waals surface area (Å²) in [6.07, 6.45) is 4.08. The van der Waals surface area contributed by atoms with Crippen LogP contribution in [0.15, 0.2) is 24.3 Å². The zero-order chi connectivity index (χ0) is 24.7. The second kappa shape index (κ2) is 9.46. The van der Waals surface area contributed by atoms with Gasteiger partial charge in [-0.05, 0) is 68.1 Å². The number of hydrogen-bond acceptors (Lipinski definition) is 6. The van der Waals surface area contributed by atoms with E-state index in [2.05, 4.69) is 22.9 Å². The monoisotopic (exact) mass is 490 g/mol. The van der Waals surface area contributed by atoms with Crippen LogP contribution in [0.4, 0.5) is 4.79 Å². The maximum atomic E-state index is 12.5. The van der Waals surface area contributed by atoms with Gasteiger partial charge in [-0.3, -0.25) is 4.90 Å². The lowest BCUT2D eigenvalue weighted by Crippen LogP contribution is -2.52. The molecule has 2 saturated carbocycles. The second-order valence-electron chi connectivity index (χ2n) is 10.0. The minimum Gasteiger partial charge on any atom is -0.453 e. The Morgan fingerprint density at radius 2 is 2.00 bits per heavy atom. The fraction of sp³-hybridized carbons (Fsp3) is 0.667. The molecule has 1 aromatic rings. The van der Waals surface area contributed by atoms with E-state index in [1.54, 1.807) is 4.90 Å². The van der Waals surface area contributed by atoms with E-state index in [1.807, 2.05) is 19.1 Å². The molecule has 6 atom stereocenters. The van der Waals surface area contributed by atoms with E-state index < -0.39 is 28.4 Å². The number of amides is 1. The molecule has 1 amide bonds. The van der Waals surface area contributed by atoms with Crippen molar-refractivity contribution in [2.45, 2.75) is 68.7 Å². The summed E-state index contributed by atoms with van der Waals surface area (Å²) >= 11 is 0. The largest absolute Gasteiger partial charge is 0.453 e. The standard InChI is InChI=1S/C24H34N4O5S/c1-16-11-21(26-34(30,31)27(2)3)22(28(16)23(29)32-4)15-33-20-9-10-24(13-19(24)12-20)18-7-5-17(14-25)6-8-18/h5-8,16,19-22,26H,9-13,15H2,1-4H3. The number of fused-ring (bicyclic) bond motifs is 1. The van der Waals surface area contributed by atoms with E-state index in [1.165, 1.54) is 26.8 Å². The number of benzene rings is 1. The van der Waals surface area contributed by atoms with E-state index in [-0.39, 0.29) is 24.2 Å². The third-order valence-corrected chi connectivity index (χ3v) is 9.40. The molecule has 9 nitrogen and oxygen atoms in total. The minimum atomic E-state index is -3.65. The van der Waals surface area contributed by atoms with Gasteiger partial charge in [0.05, 0.1) is 37.5 Å². The zero-order valence-electron chi connectivity index (χ0n) is 20.2. The van der Waals surface area contributed by atoms with Gasteiger partial charge < -0.3 is 9.47 Å². The minimum absolute atomic E-state index is 0.0699. The summed E-state index contributed by atoms with van der Waals surface area (Å²) < 4.78 is 40.1. The summed E-state index contributed by atoms with van der Waals surface area (Å²) in [5.41, 5.74) is 2.17. The molecular weight excluding hydrogens is 456 g/mol. The van der Waals surface area contributed by atoms with Crippen LogP contribution in [0.2, 0.25) is 0 Å². The average molecular weight is 491 g/mol. The topological polar surface area (TPSA) is 112 Å². The third kappa shape index (κ3) is 4.67. The molecule has 186 valence electrons. The number of nitrogens with one attached hydrogen (secondary N) is 1. The van der Waals surface area contributed by atoms with Gasteiger partial charge in [0, 0.05) is 26.2 Å². The van der Waals surface area contributed by atoms with Gasteiger partial charge in [-0.15, -0.1) is 0 Å². The second-order valence-corrected chi connectivity index (χ2v) is 11.9. The number of carbonyl (C=O) groups is 1. The van der Waals surface area contributed by atoms with Crippen molar-refractivity contribution in [3.63, 3.8) is 0 Å². The zero-order valence-corrected chi connectivity index (χ0v) is 21.0. The number of methoxy groups -OCH3 is 1. The molecule has 0 spiro atoms. The predicted octanol–water partition coefficient (Wildman–Crippen LogP) is 2.38. The van der Waals surface area contributed by atoms with Crippen molar-refractivity contribution in [2.24, 2.45) is 5.92 Å². The summed E-state index contributed by atoms with van der Waals surface area (Å²) in [6, 6.07) is 9.04. The first-order chi connectivity index (χ1) is 16.1. The number of ether oxygens (including phenoxy) is 2. The molecule has 3 aliphatic rings. The molecule has 10 heteroatoms. The summed E-state index contributed by atoms with van der Waals surface area (Å²) in [6.45, 7) is 2.14. The van der Waals surface area contributed by atoms with Crippen molar-refractivity contribution < 1.29 is 22.7 Å². The average Bonchev–Trinajstić information content (AvgIpc) is 3.47. The predicted molar refractivity (Wildman–Crippen MR) is 126 cm³/mol. The van der Waals surface area contributed by atoms with E-state index in [9.17, 15) is 13.2 Å². The van der Waals surface area contributed by atoms with Crippen LogP contribution in [0, 0.1) is 17.2 Å². The highest BCUT2D eigenvalue weighted by Crippen LogP contribution is 2.62. The first-order valence-corrected chi connectivity index (χ1v) is 13.2. The van der Waals surface area contributed by atoms with Crippen LogP contribution in [0.25, 0.3) is 0 Å². The van der Waals surface area contributed by atoms with Crippen molar-refractivity contribution in [1.29, 1.82) is 5.26 Å². The molecule has 4 rings (SSSR count). The molecular formula is C24H34N4O5S. The quantitative estimate of drug-likeness (QED) is 0.628. The van der Waals surface area contributed by atoms with E-state index in [0.29, 0.717) is 17.9 Å². The number of carbonyl (C=O) groups excluding carboxylic acids is 1. The van der Waals surface area contributed by atoms with Crippen LogP contribution >= 0.6 is 0 Å². The smallest absolute Gasteiger partial charge is 0.410 e. The molecule has 1 aromatic carbocycles. The molecule has 1 N–H and O–H groups in total. The number of rotatable bonds is 7. The van der Waals surface area contributed by atoms with Gasteiger partial charge in [0.2, 0.25) is 0 Å². The molecule has 2 aliphatic carbocycles. The number of nitrogens with zero attached hydrogens (tertiary/aromatic N) is 3. The van der Waals surface area contributed by atoms with Crippen LogP contribution in [0.5, 0.6) is 0 Å². The molecule has 34 heavy (non-hydrogen) atoms. The Balaban J connectivity index is 1.40. The van der Waals surface area contributed by atoms with E-state index in [4.69, 9.17) is 14.7 Å². The summed E-state index contributed by atoms with van der Waals surface area (Å²) in [5.74, 6) is 0.543. The maximum absolute atomic E-state index is 12.5. The van der Waals surface area contributed by atoms with Crippen LogP contribution in [0.1, 0.15) is 50.2 Å². The van der Waals surface area contributed by atoms with Gasteiger partial charge in [0.15, 0.2) is 0 Å². The van der Waals surface area contributed by atoms with Crippen molar-refractivity contribution in [1.82, 2.24) is 13.9 Å². The lowest BCUT2D eigenvalue weighted by atomic mass is 9.81. The lowest BCUT2D eigenvalue weighted by Gasteiger charge is -2.33. The molecule has 1 saturated heterocycles. The first-order valence-electron chi connectivity index (χ1n) is 11.8. The van der Waals surface area contributed by atoms with Gasteiger partial charge in [-0.1, -0.05) is 12.1 Å². The van der Waals surface area contributed by atoms with Gasteiger partial charge in [0.1, 0.15) is 0 Å². The Morgan fingerprint density at radius 3 is 2.59 bits per heavy atom. The Morgan fingerprint density at radius 1 is 1.29 bits per heavy atom. The van der Waals surface area contributed by atoms with Crippen LogP contribution in [-0.4, -0.2) is 75.8 Å². The van der Waals surface area contributed by atoms with Crippen LogP contribution in [-0.2, 0) is 25.1 Å². The Bertz CT molecular complexity index is 1050. The van der Waals surface area contributed by atoms with Crippen LogP contribution in [0.3, 0.4) is 0 Å². The maximum Gasteiger partial charge on any atom is 0.410 e. The third-order valence-electron chi connectivity index (χ3n) is 7.84. The van der Waals surface area contributed by atoms with Crippen molar-refractivity contribution >= 4 is 16.3 Å².